The van der Waals surface area contributed by atoms with Crippen LogP contribution in [0.15, 0.2) is 46.3 Å². The van der Waals surface area contributed by atoms with Crippen molar-refractivity contribution in [1.82, 2.24) is 14.5 Å². The molecule has 0 unspecified atom stereocenters. The second-order valence-corrected chi connectivity index (χ2v) is 6.10. The third kappa shape index (κ3) is 3.68. The summed E-state index contributed by atoms with van der Waals surface area (Å²) in [5, 5.41) is 4.20. The van der Waals surface area contributed by atoms with Gasteiger partial charge in [0.25, 0.3) is 5.56 Å². The molecule has 25 heavy (non-hydrogen) atoms. The van der Waals surface area contributed by atoms with Crippen LogP contribution in [0.25, 0.3) is 5.69 Å². The van der Waals surface area contributed by atoms with Gasteiger partial charge in [0.2, 0.25) is 5.95 Å². The van der Waals surface area contributed by atoms with Gasteiger partial charge in [-0.15, -0.1) is 0 Å². The fraction of sp³-hybridized carbons (Fsp3) is 0.211. The van der Waals surface area contributed by atoms with Crippen LogP contribution < -0.4 is 11.0 Å². The number of hydrogen-bond donors (Lipinski definition) is 2. The number of hydrazone groups is 1. The molecule has 1 aromatic carbocycles. The van der Waals surface area contributed by atoms with E-state index in [1.54, 1.807) is 13.1 Å². The molecule has 0 aliphatic rings. The van der Waals surface area contributed by atoms with Crippen LogP contribution in [0.3, 0.4) is 0 Å². The standard InChI is InChI=1S/C19H21N5O/c1-12-5-7-17(8-6-12)24-14(3)10-16(15(24)4)11-20-23-19-21-13(2)9-18(25)22-19/h5-11H,1-4H3,(H2,21,22,23,25). The Morgan fingerprint density at radius 2 is 1.84 bits per heavy atom. The molecule has 128 valence electrons. The highest BCUT2D eigenvalue weighted by molar-refractivity contribution is 5.82. The molecule has 0 aliphatic heterocycles. The summed E-state index contributed by atoms with van der Waals surface area (Å²) in [6, 6.07) is 11.9. The zero-order chi connectivity index (χ0) is 18.0. The summed E-state index contributed by atoms with van der Waals surface area (Å²) in [5.74, 6) is 0.327. The van der Waals surface area contributed by atoms with Crippen molar-refractivity contribution in [2.45, 2.75) is 27.7 Å². The molecule has 0 amide bonds. The molecule has 2 aromatic heterocycles. The quantitative estimate of drug-likeness (QED) is 0.568. The number of aromatic nitrogens is 3. The molecule has 6 heteroatoms. The smallest absolute Gasteiger partial charge is 0.252 e. The van der Waals surface area contributed by atoms with Gasteiger partial charge in [-0.05, 0) is 45.9 Å². The molecule has 0 bridgehead atoms. The third-order valence-electron chi connectivity index (χ3n) is 4.01. The van der Waals surface area contributed by atoms with Crippen molar-refractivity contribution in [3.05, 3.63) is 75.0 Å². The maximum Gasteiger partial charge on any atom is 0.252 e. The van der Waals surface area contributed by atoms with Gasteiger partial charge in [0.1, 0.15) is 0 Å². The molecule has 6 nitrogen and oxygen atoms in total. The van der Waals surface area contributed by atoms with Crippen molar-refractivity contribution in [3.63, 3.8) is 0 Å². The number of aryl methyl sites for hydroxylation is 3. The summed E-state index contributed by atoms with van der Waals surface area (Å²) in [5.41, 5.74) is 8.78. The molecule has 2 N–H and O–H groups in total. The van der Waals surface area contributed by atoms with Crippen molar-refractivity contribution >= 4 is 12.2 Å². The Balaban J connectivity index is 1.85. The Hall–Kier alpha value is -3.15. The Morgan fingerprint density at radius 1 is 1.12 bits per heavy atom. The first-order valence-corrected chi connectivity index (χ1v) is 8.07. The number of rotatable bonds is 4. The first kappa shape index (κ1) is 16.7. The molecule has 0 spiro atoms. The SMILES string of the molecule is Cc1ccc(-n2c(C)cc(C=NNc3nc(C)cc(=O)[nH]3)c2C)cc1. The lowest BCUT2D eigenvalue weighted by atomic mass is 10.2. The highest BCUT2D eigenvalue weighted by Gasteiger charge is 2.09. The van der Waals surface area contributed by atoms with E-state index in [4.69, 9.17) is 0 Å². The van der Waals surface area contributed by atoms with Gasteiger partial charge >= 0.3 is 0 Å². The van der Waals surface area contributed by atoms with E-state index >= 15 is 0 Å². The van der Waals surface area contributed by atoms with Crippen molar-refractivity contribution in [1.29, 1.82) is 0 Å². The molecular formula is C19H21N5O. The number of benzene rings is 1. The van der Waals surface area contributed by atoms with E-state index in [0.717, 1.165) is 22.6 Å². The Labute approximate surface area is 146 Å². The number of H-pyrrole nitrogens is 1. The highest BCUT2D eigenvalue weighted by atomic mass is 16.1. The van der Waals surface area contributed by atoms with Crippen LogP contribution in [0.5, 0.6) is 0 Å². The normalized spacial score (nSPS) is 11.2. The molecule has 0 atom stereocenters. The molecule has 2 heterocycles. The number of hydrogen-bond acceptors (Lipinski definition) is 4. The molecule has 0 radical (unpaired) electrons. The zero-order valence-corrected chi connectivity index (χ0v) is 14.8. The first-order chi connectivity index (χ1) is 11.9. The number of nitrogens with zero attached hydrogens (tertiary/aromatic N) is 3. The van der Waals surface area contributed by atoms with Gasteiger partial charge in [-0.25, -0.2) is 10.4 Å². The summed E-state index contributed by atoms with van der Waals surface area (Å²) in [6.45, 7) is 7.96. The predicted molar refractivity (Wildman–Crippen MR) is 101 cm³/mol. The van der Waals surface area contributed by atoms with E-state index in [0.29, 0.717) is 11.6 Å². The lowest BCUT2D eigenvalue weighted by molar-refractivity contribution is 0.964. The lowest BCUT2D eigenvalue weighted by Crippen LogP contribution is -2.10. The van der Waals surface area contributed by atoms with Crippen LogP contribution in [0.4, 0.5) is 5.95 Å². The largest absolute Gasteiger partial charge is 0.318 e. The van der Waals surface area contributed by atoms with E-state index in [9.17, 15) is 4.79 Å². The summed E-state index contributed by atoms with van der Waals surface area (Å²) in [4.78, 5) is 18.2. The van der Waals surface area contributed by atoms with Gasteiger partial charge in [-0.3, -0.25) is 9.78 Å². The van der Waals surface area contributed by atoms with E-state index < -0.39 is 0 Å². The van der Waals surface area contributed by atoms with E-state index in [-0.39, 0.29) is 5.56 Å². The monoisotopic (exact) mass is 335 g/mol. The molecule has 0 saturated heterocycles. The van der Waals surface area contributed by atoms with Crippen LogP contribution in [0.1, 0.15) is 28.2 Å². The molecule has 0 saturated carbocycles. The van der Waals surface area contributed by atoms with Gasteiger partial charge in [0.15, 0.2) is 0 Å². The Bertz CT molecular complexity index is 980. The summed E-state index contributed by atoms with van der Waals surface area (Å²) in [6.07, 6.45) is 1.73. The Kier molecular flexibility index (Phi) is 4.52. The molecule has 3 rings (SSSR count). The number of aromatic amines is 1. The minimum Gasteiger partial charge on any atom is -0.318 e. The van der Waals surface area contributed by atoms with Crippen LogP contribution in [-0.4, -0.2) is 20.7 Å². The average Bonchev–Trinajstić information content (AvgIpc) is 2.82. The second-order valence-electron chi connectivity index (χ2n) is 6.10. The van der Waals surface area contributed by atoms with Crippen LogP contribution in [-0.2, 0) is 0 Å². The summed E-state index contributed by atoms with van der Waals surface area (Å²) in [7, 11) is 0. The number of anilines is 1. The third-order valence-corrected chi connectivity index (χ3v) is 4.01. The highest BCUT2D eigenvalue weighted by Crippen LogP contribution is 2.20. The van der Waals surface area contributed by atoms with Crippen molar-refractivity contribution < 1.29 is 0 Å². The first-order valence-electron chi connectivity index (χ1n) is 8.07. The molecule has 3 aromatic rings. The van der Waals surface area contributed by atoms with Crippen LogP contribution >= 0.6 is 0 Å². The fourth-order valence-corrected chi connectivity index (χ4v) is 2.80. The van der Waals surface area contributed by atoms with E-state index in [2.05, 4.69) is 76.2 Å². The lowest BCUT2D eigenvalue weighted by Gasteiger charge is -2.09. The summed E-state index contributed by atoms with van der Waals surface area (Å²) >= 11 is 0. The molecule has 0 aliphatic carbocycles. The van der Waals surface area contributed by atoms with Gasteiger partial charge in [0.05, 0.1) is 6.21 Å². The maximum absolute atomic E-state index is 11.4. The topological polar surface area (TPSA) is 75.1 Å². The van der Waals surface area contributed by atoms with Crippen molar-refractivity contribution in [3.8, 4) is 5.69 Å². The average molecular weight is 335 g/mol. The van der Waals surface area contributed by atoms with Crippen LogP contribution in [0, 0.1) is 27.7 Å². The van der Waals surface area contributed by atoms with E-state index in [1.807, 2.05) is 0 Å². The molecule has 0 fully saturated rings. The van der Waals surface area contributed by atoms with Crippen molar-refractivity contribution in [2.75, 3.05) is 5.43 Å². The maximum atomic E-state index is 11.4. The van der Waals surface area contributed by atoms with Gasteiger partial charge < -0.3 is 4.57 Å². The van der Waals surface area contributed by atoms with Gasteiger partial charge in [0, 0.05) is 34.4 Å². The minimum atomic E-state index is -0.206. The molecular weight excluding hydrogens is 314 g/mol. The van der Waals surface area contributed by atoms with Gasteiger partial charge in [-0.2, -0.15) is 5.10 Å². The zero-order valence-electron chi connectivity index (χ0n) is 14.8. The predicted octanol–water partition coefficient (Wildman–Crippen LogP) is 3.24. The minimum absolute atomic E-state index is 0.206. The van der Waals surface area contributed by atoms with Crippen LogP contribution in [0.2, 0.25) is 0 Å². The Morgan fingerprint density at radius 3 is 2.52 bits per heavy atom. The number of nitrogens with one attached hydrogen (secondary N) is 2. The summed E-state index contributed by atoms with van der Waals surface area (Å²) < 4.78 is 2.19. The second kappa shape index (κ2) is 6.76. The fourth-order valence-electron chi connectivity index (χ4n) is 2.80. The van der Waals surface area contributed by atoms with Crippen molar-refractivity contribution in [2.24, 2.45) is 5.10 Å². The van der Waals surface area contributed by atoms with E-state index in [1.165, 1.54) is 11.6 Å². The van der Waals surface area contributed by atoms with Gasteiger partial charge in [-0.1, -0.05) is 17.7 Å².